The van der Waals surface area contributed by atoms with Crippen LogP contribution in [-0.4, -0.2) is 44.2 Å². The smallest absolute Gasteiger partial charge is 0.417 e. The Morgan fingerprint density at radius 1 is 1.24 bits per heavy atom. The molecule has 0 spiro atoms. The molecular weight excluding hydrogens is 520 g/mol. The maximum absolute atomic E-state index is 13.3. The second-order valence-electron chi connectivity index (χ2n) is 7.24. The summed E-state index contributed by atoms with van der Waals surface area (Å²) in [6.07, 6.45) is -2.32. The van der Waals surface area contributed by atoms with E-state index in [-0.39, 0.29) is 36.1 Å². The van der Waals surface area contributed by atoms with Gasteiger partial charge in [-0.2, -0.15) is 13.2 Å². The van der Waals surface area contributed by atoms with Gasteiger partial charge in [0.25, 0.3) is 5.91 Å². The molecule has 2 aliphatic rings. The van der Waals surface area contributed by atoms with Gasteiger partial charge in [-0.05, 0) is 30.3 Å². The van der Waals surface area contributed by atoms with Crippen molar-refractivity contribution in [3.05, 3.63) is 58.3 Å². The maximum Gasteiger partial charge on any atom is 0.417 e. The molecule has 2 aromatic rings. The van der Waals surface area contributed by atoms with Gasteiger partial charge in [-0.15, -0.1) is 0 Å². The predicted molar refractivity (Wildman–Crippen MR) is 119 cm³/mol. The number of hydrogen-bond donors (Lipinski definition) is 1. The quantitative estimate of drug-likeness (QED) is 0.643. The third-order valence-corrected chi connectivity index (χ3v) is 7.02. The number of carbonyl (C=O) groups is 1. The lowest BCUT2D eigenvalue weighted by Gasteiger charge is -2.31. The van der Waals surface area contributed by atoms with E-state index in [1.54, 1.807) is 12.1 Å². The van der Waals surface area contributed by atoms with E-state index in [0.717, 1.165) is 12.1 Å². The Labute approximate surface area is 202 Å². The second-order valence-corrected chi connectivity index (χ2v) is 9.84. The summed E-state index contributed by atoms with van der Waals surface area (Å²) >= 11 is 11.6. The number of alkyl halides is 3. The van der Waals surface area contributed by atoms with Crippen LogP contribution in [0.3, 0.4) is 0 Å². The van der Waals surface area contributed by atoms with Crippen molar-refractivity contribution in [2.24, 2.45) is 4.99 Å². The first kappa shape index (κ1) is 24.5. The number of carbonyl (C=O) groups excluding carboxylic acids is 1. The van der Waals surface area contributed by atoms with Crippen LogP contribution >= 0.6 is 23.2 Å². The number of pyridine rings is 1. The van der Waals surface area contributed by atoms with Gasteiger partial charge in [0.15, 0.2) is 11.6 Å². The highest BCUT2D eigenvalue weighted by molar-refractivity contribution is 7.89. The molecule has 180 valence electrons. The number of benzene rings is 1. The topological polar surface area (TPSA) is 101 Å². The molecule has 14 heteroatoms. The van der Waals surface area contributed by atoms with Crippen LogP contribution in [0.1, 0.15) is 12.0 Å². The SMILES string of the molecule is O=C(C1=NC=C(Cl)CC1NS(=O)(=O)c1ccc(Cl)c(C(F)(F)F)c1)N1CCOc2cccnc21. The zero-order chi connectivity index (χ0) is 24.7. The molecule has 2 aliphatic heterocycles. The third-order valence-electron chi connectivity index (χ3n) is 4.97. The minimum atomic E-state index is -4.86. The summed E-state index contributed by atoms with van der Waals surface area (Å²) in [5, 5.41) is -0.497. The fourth-order valence-corrected chi connectivity index (χ4v) is 5.06. The Hall–Kier alpha value is -2.67. The average molecular weight is 535 g/mol. The van der Waals surface area contributed by atoms with E-state index in [9.17, 15) is 26.4 Å². The van der Waals surface area contributed by atoms with Crippen LogP contribution in [0.4, 0.5) is 19.0 Å². The molecule has 1 amide bonds. The number of anilines is 1. The molecule has 0 bridgehead atoms. The first-order chi connectivity index (χ1) is 16.0. The van der Waals surface area contributed by atoms with Crippen molar-refractivity contribution < 1.29 is 31.1 Å². The third kappa shape index (κ3) is 4.90. The summed E-state index contributed by atoms with van der Waals surface area (Å²) in [6.45, 7) is 0.306. The van der Waals surface area contributed by atoms with Crippen molar-refractivity contribution in [3.63, 3.8) is 0 Å². The number of rotatable bonds is 4. The van der Waals surface area contributed by atoms with Gasteiger partial charge in [0, 0.05) is 23.8 Å². The highest BCUT2D eigenvalue weighted by Crippen LogP contribution is 2.36. The Bertz CT molecular complexity index is 1320. The van der Waals surface area contributed by atoms with Gasteiger partial charge in [-0.25, -0.2) is 18.1 Å². The Balaban J connectivity index is 1.65. The first-order valence-corrected chi connectivity index (χ1v) is 11.9. The van der Waals surface area contributed by atoms with Gasteiger partial charge in [0.2, 0.25) is 10.0 Å². The van der Waals surface area contributed by atoms with E-state index in [1.807, 2.05) is 0 Å². The summed E-state index contributed by atoms with van der Waals surface area (Å²) in [6, 6.07) is 4.21. The number of nitrogens with one attached hydrogen (secondary N) is 1. The summed E-state index contributed by atoms with van der Waals surface area (Å²) in [7, 11) is -4.53. The highest BCUT2D eigenvalue weighted by atomic mass is 35.5. The maximum atomic E-state index is 13.3. The number of hydrogen-bond acceptors (Lipinski definition) is 6. The summed E-state index contributed by atoms with van der Waals surface area (Å²) < 4.78 is 73.2. The second kappa shape index (κ2) is 9.17. The zero-order valence-electron chi connectivity index (χ0n) is 17.0. The Morgan fingerprint density at radius 2 is 2.00 bits per heavy atom. The van der Waals surface area contributed by atoms with Crippen LogP contribution < -0.4 is 14.4 Å². The van der Waals surface area contributed by atoms with Crippen molar-refractivity contribution in [2.75, 3.05) is 18.1 Å². The number of fused-ring (bicyclic) bond motifs is 1. The molecule has 0 saturated carbocycles. The monoisotopic (exact) mass is 534 g/mol. The summed E-state index contributed by atoms with van der Waals surface area (Å²) in [5.41, 5.74) is -1.50. The normalized spacial score (nSPS) is 18.5. The predicted octanol–water partition coefficient (Wildman–Crippen LogP) is 3.75. The highest BCUT2D eigenvalue weighted by Gasteiger charge is 2.38. The van der Waals surface area contributed by atoms with Gasteiger partial charge >= 0.3 is 6.18 Å². The number of nitrogens with zero attached hydrogens (tertiary/aromatic N) is 3. The molecule has 1 aromatic carbocycles. The number of halogens is 5. The minimum absolute atomic E-state index is 0.130. The van der Waals surface area contributed by atoms with E-state index in [2.05, 4.69) is 14.7 Å². The van der Waals surface area contributed by atoms with Crippen LogP contribution in [0.5, 0.6) is 5.75 Å². The van der Waals surface area contributed by atoms with Crippen molar-refractivity contribution in [1.82, 2.24) is 9.71 Å². The van der Waals surface area contributed by atoms with E-state index < -0.39 is 43.6 Å². The number of aromatic nitrogens is 1. The van der Waals surface area contributed by atoms with Crippen molar-refractivity contribution in [1.29, 1.82) is 0 Å². The lowest BCUT2D eigenvalue weighted by atomic mass is 10.1. The van der Waals surface area contributed by atoms with E-state index >= 15 is 0 Å². The molecule has 0 aliphatic carbocycles. The van der Waals surface area contributed by atoms with E-state index in [0.29, 0.717) is 11.8 Å². The zero-order valence-corrected chi connectivity index (χ0v) is 19.3. The first-order valence-electron chi connectivity index (χ1n) is 9.68. The van der Waals surface area contributed by atoms with Crippen molar-refractivity contribution >= 4 is 50.7 Å². The van der Waals surface area contributed by atoms with Gasteiger partial charge < -0.3 is 4.74 Å². The minimum Gasteiger partial charge on any atom is -0.488 e. The molecule has 0 saturated heterocycles. The van der Waals surface area contributed by atoms with Crippen molar-refractivity contribution in [3.8, 4) is 5.75 Å². The Kier molecular flexibility index (Phi) is 6.60. The molecule has 4 rings (SSSR count). The van der Waals surface area contributed by atoms with Gasteiger partial charge in [-0.3, -0.25) is 14.7 Å². The fraction of sp³-hybridized carbons (Fsp3) is 0.250. The summed E-state index contributed by atoms with van der Waals surface area (Å²) in [5.74, 6) is -0.0512. The van der Waals surface area contributed by atoms with E-state index in [1.165, 1.54) is 17.3 Å². The molecule has 0 radical (unpaired) electrons. The van der Waals surface area contributed by atoms with Gasteiger partial charge in [0.1, 0.15) is 12.3 Å². The van der Waals surface area contributed by atoms with Crippen molar-refractivity contribution in [2.45, 2.75) is 23.5 Å². The van der Waals surface area contributed by atoms with Crippen LogP contribution in [-0.2, 0) is 21.0 Å². The van der Waals surface area contributed by atoms with Gasteiger partial charge in [0.05, 0.1) is 28.1 Å². The molecule has 1 N–H and O–H groups in total. The van der Waals surface area contributed by atoms with Crippen LogP contribution in [0.2, 0.25) is 5.02 Å². The lowest BCUT2D eigenvalue weighted by Crippen LogP contribution is -2.51. The number of amides is 1. The van der Waals surface area contributed by atoms with Crippen LogP contribution in [0.15, 0.2) is 57.6 Å². The molecule has 1 aromatic heterocycles. The molecule has 34 heavy (non-hydrogen) atoms. The van der Waals surface area contributed by atoms with E-state index in [4.69, 9.17) is 27.9 Å². The lowest BCUT2D eigenvalue weighted by molar-refractivity contribution is -0.137. The molecular formula is C20H15Cl2F3N4O4S. The summed E-state index contributed by atoms with van der Waals surface area (Å²) in [4.78, 5) is 22.1. The molecule has 3 heterocycles. The molecule has 1 atom stereocenters. The largest absolute Gasteiger partial charge is 0.488 e. The van der Waals surface area contributed by atoms with Crippen LogP contribution in [0, 0.1) is 0 Å². The average Bonchev–Trinajstić information content (AvgIpc) is 2.77. The number of sulfonamides is 1. The Morgan fingerprint density at radius 3 is 2.74 bits per heavy atom. The molecule has 0 fully saturated rings. The number of aliphatic imine (C=N–C) groups is 1. The molecule has 8 nitrogen and oxygen atoms in total. The fourth-order valence-electron chi connectivity index (χ4n) is 3.41. The molecule has 1 unspecified atom stereocenters. The van der Waals surface area contributed by atoms with Gasteiger partial charge in [-0.1, -0.05) is 23.2 Å². The van der Waals surface area contributed by atoms with Crippen LogP contribution in [0.25, 0.3) is 0 Å². The number of ether oxygens (including phenoxy) is 1. The standard InChI is InChI=1S/C20H15Cl2F3N4O4S/c21-11-8-15(28-34(31,32)12-3-4-14(22)13(9-12)20(23,24)25)17(27-10-11)19(30)29-6-7-33-16-2-1-5-26-18(16)29/h1-5,9-10,15,28H,6-8H2.